The van der Waals surface area contributed by atoms with E-state index >= 15 is 0 Å². The smallest absolute Gasteiger partial charge is 0.0991 e. The average molecular weight is 253 g/mol. The molecule has 0 radical (unpaired) electrons. The highest BCUT2D eigenvalue weighted by Crippen LogP contribution is 2.28. The third kappa shape index (κ3) is 2.14. The average Bonchev–Trinajstić information content (AvgIpc) is 2.18. The van der Waals surface area contributed by atoms with E-state index in [-0.39, 0.29) is 5.54 Å². The van der Waals surface area contributed by atoms with Crippen LogP contribution in [0, 0.1) is 11.3 Å². The Morgan fingerprint density at radius 2 is 2.07 bits per heavy atom. The van der Waals surface area contributed by atoms with E-state index in [0.29, 0.717) is 5.56 Å². The zero-order valence-corrected chi connectivity index (χ0v) is 10.1. The number of halogens is 1. The van der Waals surface area contributed by atoms with E-state index in [0.717, 1.165) is 10.0 Å². The Morgan fingerprint density at radius 3 is 2.57 bits per heavy atom. The van der Waals surface area contributed by atoms with Crippen LogP contribution in [0.4, 0.5) is 0 Å². The first-order valence-electron chi connectivity index (χ1n) is 4.40. The highest BCUT2D eigenvalue weighted by molar-refractivity contribution is 9.10. The molecule has 0 saturated carbocycles. The van der Waals surface area contributed by atoms with Gasteiger partial charge in [0, 0.05) is 10.0 Å². The van der Waals surface area contributed by atoms with E-state index in [2.05, 4.69) is 41.2 Å². The maximum atomic E-state index is 8.81. The van der Waals surface area contributed by atoms with Gasteiger partial charge < -0.3 is 5.32 Å². The lowest BCUT2D eigenvalue weighted by Crippen LogP contribution is -2.33. The SMILES string of the molecule is CNC(C)(C)c1cc(C#N)ccc1Br. The summed E-state index contributed by atoms with van der Waals surface area (Å²) in [6.07, 6.45) is 0. The summed E-state index contributed by atoms with van der Waals surface area (Å²) in [5.41, 5.74) is 1.65. The fraction of sp³-hybridized carbons (Fsp3) is 0.364. The van der Waals surface area contributed by atoms with Crippen LogP contribution in [0.5, 0.6) is 0 Å². The first kappa shape index (κ1) is 11.2. The molecule has 1 aromatic rings. The summed E-state index contributed by atoms with van der Waals surface area (Å²) in [6, 6.07) is 7.76. The van der Waals surface area contributed by atoms with E-state index in [1.165, 1.54) is 0 Å². The van der Waals surface area contributed by atoms with E-state index in [1.54, 1.807) is 6.07 Å². The summed E-state index contributed by atoms with van der Waals surface area (Å²) in [5.74, 6) is 0. The molecule has 0 aliphatic heterocycles. The van der Waals surface area contributed by atoms with Crippen LogP contribution in [0.1, 0.15) is 25.0 Å². The Morgan fingerprint density at radius 1 is 1.43 bits per heavy atom. The Labute approximate surface area is 93.1 Å². The molecule has 0 heterocycles. The number of hydrogen-bond donors (Lipinski definition) is 1. The molecule has 0 bridgehead atoms. The second kappa shape index (κ2) is 4.12. The van der Waals surface area contributed by atoms with Gasteiger partial charge in [0.05, 0.1) is 11.6 Å². The van der Waals surface area contributed by atoms with E-state index in [9.17, 15) is 0 Å². The molecule has 0 spiro atoms. The fourth-order valence-electron chi connectivity index (χ4n) is 1.21. The molecular formula is C11H13BrN2. The summed E-state index contributed by atoms with van der Waals surface area (Å²) >= 11 is 3.49. The minimum atomic E-state index is -0.133. The van der Waals surface area contributed by atoms with E-state index in [4.69, 9.17) is 5.26 Å². The topological polar surface area (TPSA) is 35.8 Å². The quantitative estimate of drug-likeness (QED) is 0.879. The zero-order chi connectivity index (χ0) is 10.8. The van der Waals surface area contributed by atoms with Crippen molar-refractivity contribution in [3.8, 4) is 6.07 Å². The summed E-state index contributed by atoms with van der Waals surface area (Å²) in [5, 5.41) is 12.0. The van der Waals surface area contributed by atoms with Gasteiger partial charge in [-0.1, -0.05) is 15.9 Å². The van der Waals surface area contributed by atoms with Crippen LogP contribution in [0.15, 0.2) is 22.7 Å². The molecule has 1 N–H and O–H groups in total. The summed E-state index contributed by atoms with van der Waals surface area (Å²) in [4.78, 5) is 0. The van der Waals surface area contributed by atoms with Crippen molar-refractivity contribution >= 4 is 15.9 Å². The standard InChI is InChI=1S/C11H13BrN2/c1-11(2,14-3)9-6-8(7-13)4-5-10(9)12/h4-6,14H,1-3H3. The number of benzene rings is 1. The maximum absolute atomic E-state index is 8.81. The first-order chi connectivity index (χ1) is 6.51. The number of rotatable bonds is 2. The first-order valence-corrected chi connectivity index (χ1v) is 5.19. The van der Waals surface area contributed by atoms with Crippen LogP contribution in [0.25, 0.3) is 0 Å². The Balaban J connectivity index is 3.27. The van der Waals surface area contributed by atoms with Gasteiger partial charge in [0.25, 0.3) is 0 Å². The van der Waals surface area contributed by atoms with Crippen molar-refractivity contribution < 1.29 is 0 Å². The summed E-state index contributed by atoms with van der Waals surface area (Å²) < 4.78 is 1.02. The van der Waals surface area contributed by atoms with Gasteiger partial charge in [-0.05, 0) is 44.7 Å². The number of nitrogens with zero attached hydrogens (tertiary/aromatic N) is 1. The molecule has 0 saturated heterocycles. The third-order valence-corrected chi connectivity index (χ3v) is 3.09. The lowest BCUT2D eigenvalue weighted by Gasteiger charge is -2.26. The van der Waals surface area contributed by atoms with Crippen LogP contribution < -0.4 is 5.32 Å². The van der Waals surface area contributed by atoms with Crippen molar-refractivity contribution in [3.63, 3.8) is 0 Å². The van der Waals surface area contributed by atoms with Crippen molar-refractivity contribution in [1.82, 2.24) is 5.32 Å². The molecular weight excluding hydrogens is 240 g/mol. The lowest BCUT2D eigenvalue weighted by molar-refractivity contribution is 0.442. The van der Waals surface area contributed by atoms with Gasteiger partial charge >= 0.3 is 0 Å². The van der Waals surface area contributed by atoms with Gasteiger partial charge in [-0.3, -0.25) is 0 Å². The van der Waals surface area contributed by atoms with Gasteiger partial charge in [0.15, 0.2) is 0 Å². The Bertz CT molecular complexity index is 377. The van der Waals surface area contributed by atoms with Crippen LogP contribution in [0.2, 0.25) is 0 Å². The second-order valence-corrected chi connectivity index (χ2v) is 4.54. The normalized spacial score (nSPS) is 11.1. The lowest BCUT2D eigenvalue weighted by atomic mass is 9.93. The molecule has 74 valence electrons. The molecule has 0 fully saturated rings. The van der Waals surface area contributed by atoms with Crippen LogP contribution in [-0.2, 0) is 5.54 Å². The Kier molecular flexibility index (Phi) is 3.30. The molecule has 0 aromatic heterocycles. The van der Waals surface area contributed by atoms with Crippen LogP contribution in [0.3, 0.4) is 0 Å². The van der Waals surface area contributed by atoms with Crippen molar-refractivity contribution in [2.75, 3.05) is 7.05 Å². The van der Waals surface area contributed by atoms with Crippen LogP contribution in [-0.4, -0.2) is 7.05 Å². The monoisotopic (exact) mass is 252 g/mol. The Hall–Kier alpha value is -0.850. The van der Waals surface area contributed by atoms with Gasteiger partial charge in [-0.15, -0.1) is 0 Å². The molecule has 0 amide bonds. The second-order valence-electron chi connectivity index (χ2n) is 3.68. The van der Waals surface area contributed by atoms with Crippen molar-refractivity contribution in [3.05, 3.63) is 33.8 Å². The predicted octanol–water partition coefficient (Wildman–Crippen LogP) is 2.78. The highest BCUT2D eigenvalue weighted by Gasteiger charge is 2.20. The number of hydrogen-bond acceptors (Lipinski definition) is 2. The number of nitriles is 1. The van der Waals surface area contributed by atoms with Crippen LogP contribution >= 0.6 is 15.9 Å². The predicted molar refractivity (Wildman–Crippen MR) is 60.9 cm³/mol. The molecule has 1 aromatic carbocycles. The molecule has 0 aliphatic rings. The fourth-order valence-corrected chi connectivity index (χ4v) is 1.95. The summed E-state index contributed by atoms with van der Waals surface area (Å²) in [7, 11) is 1.91. The largest absolute Gasteiger partial charge is 0.311 e. The molecule has 1 rings (SSSR count). The van der Waals surface area contributed by atoms with Crippen molar-refractivity contribution in [2.24, 2.45) is 0 Å². The molecule has 14 heavy (non-hydrogen) atoms. The van der Waals surface area contributed by atoms with Gasteiger partial charge in [0.1, 0.15) is 0 Å². The zero-order valence-electron chi connectivity index (χ0n) is 8.56. The van der Waals surface area contributed by atoms with Gasteiger partial charge in [-0.2, -0.15) is 5.26 Å². The molecule has 0 atom stereocenters. The summed E-state index contributed by atoms with van der Waals surface area (Å²) in [6.45, 7) is 4.16. The third-order valence-electron chi connectivity index (χ3n) is 2.39. The van der Waals surface area contributed by atoms with Crippen molar-refractivity contribution in [1.29, 1.82) is 5.26 Å². The van der Waals surface area contributed by atoms with Crippen molar-refractivity contribution in [2.45, 2.75) is 19.4 Å². The minimum Gasteiger partial charge on any atom is -0.311 e. The number of nitrogens with one attached hydrogen (secondary N) is 1. The highest BCUT2D eigenvalue weighted by atomic mass is 79.9. The minimum absolute atomic E-state index is 0.133. The molecule has 2 nitrogen and oxygen atoms in total. The molecule has 3 heteroatoms. The maximum Gasteiger partial charge on any atom is 0.0991 e. The molecule has 0 unspecified atom stereocenters. The van der Waals surface area contributed by atoms with Gasteiger partial charge in [-0.25, -0.2) is 0 Å². The van der Waals surface area contributed by atoms with E-state index in [1.807, 2.05) is 19.2 Å². The molecule has 0 aliphatic carbocycles. The van der Waals surface area contributed by atoms with Gasteiger partial charge in [0.2, 0.25) is 0 Å². The van der Waals surface area contributed by atoms with E-state index < -0.39 is 0 Å².